The largest absolute Gasteiger partial charge is 0.466 e. The van der Waals surface area contributed by atoms with Crippen LogP contribution in [-0.2, 0) is 9.53 Å². The van der Waals surface area contributed by atoms with E-state index in [0.717, 1.165) is 18.7 Å². The van der Waals surface area contributed by atoms with Crippen molar-refractivity contribution in [3.63, 3.8) is 0 Å². The molecule has 0 aliphatic carbocycles. The fraction of sp³-hybridized carbons (Fsp3) is 0.250. The van der Waals surface area contributed by atoms with Crippen LogP contribution < -0.4 is 5.32 Å². The highest BCUT2D eigenvalue weighted by atomic mass is 16.5. The Labute approximate surface area is 89.8 Å². The van der Waals surface area contributed by atoms with E-state index in [-0.39, 0.29) is 5.97 Å². The average Bonchev–Trinajstić information content (AvgIpc) is 2.29. The molecule has 0 heterocycles. The first-order chi connectivity index (χ1) is 7.33. The summed E-state index contributed by atoms with van der Waals surface area (Å²) in [6.07, 6.45) is 4.03. The van der Waals surface area contributed by atoms with Crippen molar-refractivity contribution in [3.05, 3.63) is 42.5 Å². The summed E-state index contributed by atoms with van der Waals surface area (Å²) >= 11 is 0. The second-order valence-electron chi connectivity index (χ2n) is 3.01. The molecule has 0 aliphatic rings. The molecule has 0 atom stereocenters. The van der Waals surface area contributed by atoms with E-state index in [1.54, 1.807) is 6.08 Å². The molecule has 80 valence electrons. The maximum atomic E-state index is 10.7. The van der Waals surface area contributed by atoms with Crippen LogP contribution in [0.15, 0.2) is 42.5 Å². The first-order valence-electron chi connectivity index (χ1n) is 4.86. The van der Waals surface area contributed by atoms with Gasteiger partial charge in [-0.05, 0) is 18.6 Å². The van der Waals surface area contributed by atoms with Crippen molar-refractivity contribution in [1.29, 1.82) is 0 Å². The monoisotopic (exact) mass is 205 g/mol. The normalized spacial score (nSPS) is 10.2. The van der Waals surface area contributed by atoms with E-state index >= 15 is 0 Å². The SMILES string of the molecule is COC(=O)/C=C/CCNc1ccccc1. The molecule has 15 heavy (non-hydrogen) atoms. The first-order valence-corrected chi connectivity index (χ1v) is 4.86. The summed E-state index contributed by atoms with van der Waals surface area (Å²) in [5, 5.41) is 3.23. The van der Waals surface area contributed by atoms with Crippen LogP contribution in [-0.4, -0.2) is 19.6 Å². The summed E-state index contributed by atoms with van der Waals surface area (Å²) in [7, 11) is 1.37. The minimum absolute atomic E-state index is 0.310. The van der Waals surface area contributed by atoms with Gasteiger partial charge in [0.05, 0.1) is 7.11 Å². The van der Waals surface area contributed by atoms with Crippen LogP contribution >= 0.6 is 0 Å². The molecule has 0 amide bonds. The van der Waals surface area contributed by atoms with E-state index in [1.165, 1.54) is 13.2 Å². The number of carbonyl (C=O) groups excluding carboxylic acids is 1. The van der Waals surface area contributed by atoms with Crippen LogP contribution in [0.25, 0.3) is 0 Å². The van der Waals surface area contributed by atoms with Crippen LogP contribution in [0.4, 0.5) is 5.69 Å². The Bertz CT molecular complexity index is 320. The van der Waals surface area contributed by atoms with Gasteiger partial charge in [0.1, 0.15) is 0 Å². The number of nitrogens with one attached hydrogen (secondary N) is 1. The van der Waals surface area contributed by atoms with Gasteiger partial charge in [-0.3, -0.25) is 0 Å². The van der Waals surface area contributed by atoms with Crippen molar-refractivity contribution in [1.82, 2.24) is 0 Å². The van der Waals surface area contributed by atoms with Crippen molar-refractivity contribution < 1.29 is 9.53 Å². The zero-order valence-corrected chi connectivity index (χ0v) is 8.77. The zero-order chi connectivity index (χ0) is 10.9. The third-order valence-electron chi connectivity index (χ3n) is 1.87. The van der Waals surface area contributed by atoms with Gasteiger partial charge in [0.25, 0.3) is 0 Å². The Hall–Kier alpha value is -1.77. The molecule has 0 saturated carbocycles. The number of esters is 1. The lowest BCUT2D eigenvalue weighted by atomic mass is 10.3. The number of ether oxygens (including phenoxy) is 1. The molecule has 1 aromatic rings. The molecule has 0 spiro atoms. The maximum Gasteiger partial charge on any atom is 0.330 e. The summed E-state index contributed by atoms with van der Waals surface area (Å²) in [6, 6.07) is 9.94. The second-order valence-corrected chi connectivity index (χ2v) is 3.01. The van der Waals surface area contributed by atoms with Crippen molar-refractivity contribution in [3.8, 4) is 0 Å². The lowest BCUT2D eigenvalue weighted by Crippen LogP contribution is -2.00. The Morgan fingerprint density at radius 2 is 2.13 bits per heavy atom. The smallest absolute Gasteiger partial charge is 0.330 e. The molecule has 0 saturated heterocycles. The Kier molecular flexibility index (Phi) is 5.01. The van der Waals surface area contributed by atoms with Crippen molar-refractivity contribution in [2.45, 2.75) is 6.42 Å². The summed E-state index contributed by atoms with van der Waals surface area (Å²) in [6.45, 7) is 0.803. The number of methoxy groups -OCH3 is 1. The van der Waals surface area contributed by atoms with Crippen LogP contribution in [0.5, 0.6) is 0 Å². The van der Waals surface area contributed by atoms with Crippen molar-refractivity contribution in [2.75, 3.05) is 19.0 Å². The minimum Gasteiger partial charge on any atom is -0.466 e. The highest BCUT2D eigenvalue weighted by Crippen LogP contribution is 2.04. The molecular formula is C12H15NO2. The van der Waals surface area contributed by atoms with Gasteiger partial charge in [-0.1, -0.05) is 24.3 Å². The Morgan fingerprint density at radius 3 is 2.80 bits per heavy atom. The number of carbonyl (C=O) groups is 1. The van der Waals surface area contributed by atoms with Gasteiger partial charge in [0.15, 0.2) is 0 Å². The highest BCUT2D eigenvalue weighted by molar-refractivity contribution is 5.81. The van der Waals surface area contributed by atoms with E-state index in [4.69, 9.17) is 0 Å². The highest BCUT2D eigenvalue weighted by Gasteiger charge is 1.90. The minimum atomic E-state index is -0.310. The fourth-order valence-electron chi connectivity index (χ4n) is 1.10. The van der Waals surface area contributed by atoms with Crippen LogP contribution in [0.2, 0.25) is 0 Å². The van der Waals surface area contributed by atoms with Gasteiger partial charge in [0.2, 0.25) is 0 Å². The second kappa shape index (κ2) is 6.65. The van der Waals surface area contributed by atoms with Crippen molar-refractivity contribution in [2.24, 2.45) is 0 Å². The molecule has 1 N–H and O–H groups in total. The third kappa shape index (κ3) is 4.86. The zero-order valence-electron chi connectivity index (χ0n) is 8.77. The van der Waals surface area contributed by atoms with Crippen LogP contribution in [0, 0.1) is 0 Å². The Balaban J connectivity index is 2.17. The molecule has 3 nitrogen and oxygen atoms in total. The van der Waals surface area contributed by atoms with Crippen LogP contribution in [0.1, 0.15) is 6.42 Å². The van der Waals surface area contributed by atoms with Crippen LogP contribution in [0.3, 0.4) is 0 Å². The van der Waals surface area contributed by atoms with Gasteiger partial charge in [0, 0.05) is 18.3 Å². The number of para-hydroxylation sites is 1. The summed E-state index contributed by atoms with van der Waals surface area (Å²) in [4.78, 5) is 10.7. The summed E-state index contributed by atoms with van der Waals surface area (Å²) < 4.78 is 4.47. The topological polar surface area (TPSA) is 38.3 Å². The van der Waals surface area contributed by atoms with E-state index in [9.17, 15) is 4.79 Å². The van der Waals surface area contributed by atoms with E-state index < -0.39 is 0 Å². The van der Waals surface area contributed by atoms with E-state index in [0.29, 0.717) is 0 Å². The van der Waals surface area contributed by atoms with Gasteiger partial charge in [-0.2, -0.15) is 0 Å². The summed E-state index contributed by atoms with van der Waals surface area (Å²) in [5.74, 6) is -0.310. The quantitative estimate of drug-likeness (QED) is 0.455. The Morgan fingerprint density at radius 1 is 1.40 bits per heavy atom. The van der Waals surface area contributed by atoms with Gasteiger partial charge >= 0.3 is 5.97 Å². The maximum absolute atomic E-state index is 10.7. The molecule has 1 aromatic carbocycles. The number of hydrogen-bond acceptors (Lipinski definition) is 3. The predicted octanol–water partition coefficient (Wildman–Crippen LogP) is 2.22. The number of hydrogen-bond donors (Lipinski definition) is 1. The average molecular weight is 205 g/mol. The molecule has 0 fully saturated rings. The predicted molar refractivity (Wildman–Crippen MR) is 60.7 cm³/mol. The number of anilines is 1. The molecular weight excluding hydrogens is 190 g/mol. The van der Waals surface area contributed by atoms with Gasteiger partial charge in [-0.25, -0.2) is 4.79 Å². The van der Waals surface area contributed by atoms with Gasteiger partial charge < -0.3 is 10.1 Å². The van der Waals surface area contributed by atoms with E-state index in [2.05, 4.69) is 10.1 Å². The molecule has 1 rings (SSSR count). The van der Waals surface area contributed by atoms with E-state index in [1.807, 2.05) is 30.3 Å². The molecule has 0 aliphatic heterocycles. The fourth-order valence-corrected chi connectivity index (χ4v) is 1.10. The summed E-state index contributed by atoms with van der Waals surface area (Å²) in [5.41, 5.74) is 1.09. The lowest BCUT2D eigenvalue weighted by molar-refractivity contribution is -0.134. The van der Waals surface area contributed by atoms with Crippen molar-refractivity contribution >= 4 is 11.7 Å². The lowest BCUT2D eigenvalue weighted by Gasteiger charge is -2.02. The molecule has 3 heteroatoms. The number of rotatable bonds is 5. The molecule has 0 bridgehead atoms. The standard InChI is InChI=1S/C12H15NO2/c1-15-12(14)9-5-6-10-13-11-7-3-2-4-8-11/h2-5,7-9,13H,6,10H2,1H3/b9-5+. The first kappa shape index (κ1) is 11.3. The number of benzene rings is 1. The molecule has 0 unspecified atom stereocenters. The molecule has 0 aromatic heterocycles. The third-order valence-corrected chi connectivity index (χ3v) is 1.87. The van der Waals surface area contributed by atoms with Gasteiger partial charge in [-0.15, -0.1) is 0 Å². The molecule has 0 radical (unpaired) electrons.